The Morgan fingerprint density at radius 3 is 2.38 bits per heavy atom. The van der Waals surface area contributed by atoms with Crippen molar-refractivity contribution in [1.29, 1.82) is 0 Å². The predicted octanol–water partition coefficient (Wildman–Crippen LogP) is 2.06. The summed E-state index contributed by atoms with van der Waals surface area (Å²) in [5, 5.41) is 6.70. The second-order valence-corrected chi connectivity index (χ2v) is 10.3. The van der Waals surface area contributed by atoms with Crippen LogP contribution in [0.5, 0.6) is 0 Å². The van der Waals surface area contributed by atoms with E-state index in [0.29, 0.717) is 32.1 Å². The maximum atomic E-state index is 12.6. The van der Waals surface area contributed by atoms with Crippen LogP contribution in [0.2, 0.25) is 0 Å². The van der Waals surface area contributed by atoms with Gasteiger partial charge in [0.2, 0.25) is 21.8 Å². The summed E-state index contributed by atoms with van der Waals surface area (Å²) >= 11 is 0. The zero-order chi connectivity index (χ0) is 21.1. The third kappa shape index (κ3) is 5.88. The third-order valence-electron chi connectivity index (χ3n) is 4.82. The van der Waals surface area contributed by atoms with Gasteiger partial charge in [0.1, 0.15) is 0 Å². The van der Waals surface area contributed by atoms with Crippen LogP contribution >= 0.6 is 0 Å². The molecule has 0 atom stereocenters. The molecule has 158 valence electrons. The molecule has 0 saturated carbocycles. The molecule has 1 N–H and O–H groups in total. The summed E-state index contributed by atoms with van der Waals surface area (Å²) in [5.41, 5.74) is 1.38. The number of sulfonamides is 1. The molecule has 1 aliphatic rings. The quantitative estimate of drug-likeness (QED) is 0.769. The van der Waals surface area contributed by atoms with Crippen molar-refractivity contribution in [3.05, 3.63) is 47.7 Å². The van der Waals surface area contributed by atoms with Crippen LogP contribution in [0.25, 0.3) is 0 Å². The molecule has 0 aliphatic carbocycles. The lowest BCUT2D eigenvalue weighted by Crippen LogP contribution is -2.50. The molecule has 1 aliphatic heterocycles. The Kier molecular flexibility index (Phi) is 6.40. The molecule has 2 aromatic rings. The standard InChI is InChI=1S/C20H28N4O4S/c1-20(2,3)17-13-19(28-22-17)21-18(25)14-23-9-11-24(12-10-23)29(26,27)15-16-7-5-4-6-8-16/h4-8,13H,9-12,14-15H2,1-3H3,(H,21,25). The number of anilines is 1. The van der Waals surface area contributed by atoms with Gasteiger partial charge in [-0.25, -0.2) is 8.42 Å². The minimum absolute atomic E-state index is 0.00404. The number of rotatable bonds is 6. The van der Waals surface area contributed by atoms with Crippen LogP contribution < -0.4 is 5.32 Å². The Labute approximate surface area is 171 Å². The van der Waals surface area contributed by atoms with Crippen molar-refractivity contribution in [3.8, 4) is 0 Å². The van der Waals surface area contributed by atoms with Crippen molar-refractivity contribution in [2.75, 3.05) is 38.0 Å². The maximum Gasteiger partial charge on any atom is 0.240 e. The first-order valence-electron chi connectivity index (χ1n) is 9.65. The number of hydrogen-bond donors (Lipinski definition) is 1. The molecule has 1 amide bonds. The van der Waals surface area contributed by atoms with Gasteiger partial charge in [-0.1, -0.05) is 56.3 Å². The van der Waals surface area contributed by atoms with E-state index in [1.165, 1.54) is 4.31 Å². The number of carbonyl (C=O) groups is 1. The minimum atomic E-state index is -3.37. The van der Waals surface area contributed by atoms with Gasteiger partial charge in [0.25, 0.3) is 0 Å². The lowest BCUT2D eigenvalue weighted by molar-refractivity contribution is -0.117. The number of nitrogens with zero attached hydrogens (tertiary/aromatic N) is 3. The summed E-state index contributed by atoms with van der Waals surface area (Å²) in [5.74, 6) is 0.113. The molecule has 1 saturated heterocycles. The highest BCUT2D eigenvalue weighted by Gasteiger charge is 2.28. The molecule has 2 heterocycles. The maximum absolute atomic E-state index is 12.6. The molecule has 1 fully saturated rings. The van der Waals surface area contributed by atoms with Crippen molar-refractivity contribution in [2.24, 2.45) is 0 Å². The van der Waals surface area contributed by atoms with E-state index < -0.39 is 10.0 Å². The van der Waals surface area contributed by atoms with Gasteiger partial charge in [0, 0.05) is 37.7 Å². The molecule has 0 bridgehead atoms. The van der Waals surface area contributed by atoms with Crippen LogP contribution in [0.3, 0.4) is 0 Å². The summed E-state index contributed by atoms with van der Waals surface area (Å²) in [6.45, 7) is 7.98. The molecule has 0 radical (unpaired) electrons. The highest BCUT2D eigenvalue weighted by molar-refractivity contribution is 7.88. The first-order valence-corrected chi connectivity index (χ1v) is 11.3. The van der Waals surface area contributed by atoms with Gasteiger partial charge in [0.05, 0.1) is 18.0 Å². The number of hydrogen-bond acceptors (Lipinski definition) is 6. The summed E-state index contributed by atoms with van der Waals surface area (Å²) < 4.78 is 31.9. The number of amides is 1. The van der Waals surface area contributed by atoms with Crippen LogP contribution in [0.15, 0.2) is 40.9 Å². The van der Waals surface area contributed by atoms with Crippen molar-refractivity contribution in [1.82, 2.24) is 14.4 Å². The Bertz CT molecular complexity index is 927. The average Bonchev–Trinajstić information content (AvgIpc) is 3.11. The summed E-state index contributed by atoms with van der Waals surface area (Å²) in [6, 6.07) is 10.9. The topological polar surface area (TPSA) is 95.8 Å². The number of piperazine rings is 1. The van der Waals surface area contributed by atoms with Crippen LogP contribution in [0.1, 0.15) is 32.0 Å². The number of carbonyl (C=O) groups excluding carboxylic acids is 1. The van der Waals surface area contributed by atoms with Crippen molar-refractivity contribution in [3.63, 3.8) is 0 Å². The van der Waals surface area contributed by atoms with Crippen LogP contribution in [-0.4, -0.2) is 61.4 Å². The molecule has 9 heteroatoms. The van der Waals surface area contributed by atoms with Crippen molar-refractivity contribution >= 4 is 21.8 Å². The average molecular weight is 421 g/mol. The van der Waals surface area contributed by atoms with Crippen molar-refractivity contribution in [2.45, 2.75) is 31.9 Å². The van der Waals surface area contributed by atoms with E-state index in [4.69, 9.17) is 4.52 Å². The lowest BCUT2D eigenvalue weighted by Gasteiger charge is -2.33. The molecule has 29 heavy (non-hydrogen) atoms. The number of nitrogens with one attached hydrogen (secondary N) is 1. The largest absolute Gasteiger partial charge is 0.338 e. The fourth-order valence-electron chi connectivity index (χ4n) is 3.11. The Hall–Kier alpha value is -2.23. The summed E-state index contributed by atoms with van der Waals surface area (Å²) in [7, 11) is -3.37. The first kappa shape index (κ1) is 21.5. The number of aromatic nitrogens is 1. The van der Waals surface area contributed by atoms with Gasteiger partial charge < -0.3 is 4.52 Å². The van der Waals surface area contributed by atoms with E-state index in [9.17, 15) is 13.2 Å². The summed E-state index contributed by atoms with van der Waals surface area (Å²) in [6.07, 6.45) is 0. The zero-order valence-corrected chi connectivity index (χ0v) is 17.9. The fourth-order valence-corrected chi connectivity index (χ4v) is 4.63. The lowest BCUT2D eigenvalue weighted by atomic mass is 9.92. The van der Waals surface area contributed by atoms with Gasteiger partial charge in [-0.05, 0) is 5.56 Å². The number of benzene rings is 1. The van der Waals surface area contributed by atoms with E-state index in [1.807, 2.05) is 56.0 Å². The van der Waals surface area contributed by atoms with Crippen LogP contribution in [0.4, 0.5) is 5.88 Å². The van der Waals surface area contributed by atoms with Gasteiger partial charge in [-0.2, -0.15) is 4.31 Å². The first-order chi connectivity index (χ1) is 13.6. The van der Waals surface area contributed by atoms with E-state index in [0.717, 1.165) is 11.3 Å². The van der Waals surface area contributed by atoms with Gasteiger partial charge in [-0.15, -0.1) is 0 Å². The normalized spacial score (nSPS) is 16.7. The Morgan fingerprint density at radius 1 is 1.14 bits per heavy atom. The zero-order valence-electron chi connectivity index (χ0n) is 17.1. The third-order valence-corrected chi connectivity index (χ3v) is 6.68. The SMILES string of the molecule is CC(C)(C)c1cc(NC(=O)CN2CCN(S(=O)(=O)Cc3ccccc3)CC2)on1. The minimum Gasteiger partial charge on any atom is -0.338 e. The van der Waals surface area contributed by atoms with Crippen LogP contribution in [-0.2, 0) is 26.0 Å². The smallest absolute Gasteiger partial charge is 0.240 e. The van der Waals surface area contributed by atoms with E-state index in [2.05, 4.69) is 10.5 Å². The van der Waals surface area contributed by atoms with E-state index in [-0.39, 0.29) is 23.6 Å². The highest BCUT2D eigenvalue weighted by Crippen LogP contribution is 2.23. The monoisotopic (exact) mass is 420 g/mol. The highest BCUT2D eigenvalue weighted by atomic mass is 32.2. The molecular formula is C20H28N4O4S. The molecule has 1 aromatic heterocycles. The molecule has 0 spiro atoms. The fraction of sp³-hybridized carbons (Fsp3) is 0.500. The van der Waals surface area contributed by atoms with Crippen LogP contribution in [0, 0.1) is 0 Å². The van der Waals surface area contributed by atoms with Gasteiger partial charge in [0.15, 0.2) is 0 Å². The molecule has 1 aromatic carbocycles. The molecular weight excluding hydrogens is 392 g/mol. The molecule has 8 nitrogen and oxygen atoms in total. The Morgan fingerprint density at radius 2 is 1.79 bits per heavy atom. The summed E-state index contributed by atoms with van der Waals surface area (Å²) in [4.78, 5) is 14.2. The second kappa shape index (κ2) is 8.64. The molecule has 0 unspecified atom stereocenters. The predicted molar refractivity (Wildman–Crippen MR) is 111 cm³/mol. The second-order valence-electron chi connectivity index (χ2n) is 8.29. The van der Waals surface area contributed by atoms with Crippen molar-refractivity contribution < 1.29 is 17.7 Å². The van der Waals surface area contributed by atoms with E-state index >= 15 is 0 Å². The van der Waals surface area contributed by atoms with Gasteiger partial charge >= 0.3 is 0 Å². The van der Waals surface area contributed by atoms with Gasteiger partial charge in [-0.3, -0.25) is 15.0 Å². The van der Waals surface area contributed by atoms with E-state index in [1.54, 1.807) is 6.07 Å². The Balaban J connectivity index is 1.48. The molecule has 3 rings (SSSR count).